The molecule has 1 aromatic carbocycles. The molecule has 0 aromatic heterocycles. The van der Waals surface area contributed by atoms with Gasteiger partial charge in [0.05, 0.1) is 14.2 Å². The van der Waals surface area contributed by atoms with Crippen LogP contribution in [-0.4, -0.2) is 26.8 Å². The van der Waals surface area contributed by atoms with Crippen molar-refractivity contribution >= 4 is 5.97 Å². The number of methoxy groups -OCH3 is 2. The van der Waals surface area contributed by atoms with Crippen LogP contribution in [0.15, 0.2) is 18.2 Å². The van der Waals surface area contributed by atoms with E-state index >= 15 is 0 Å². The Morgan fingerprint density at radius 2 is 2.12 bits per heavy atom. The fourth-order valence-electron chi connectivity index (χ4n) is 1.15. The van der Waals surface area contributed by atoms with Crippen molar-refractivity contribution in [3.8, 4) is 23.8 Å². The molecule has 0 aliphatic rings. The molecular formula is C12H12O4. The van der Waals surface area contributed by atoms with Gasteiger partial charge in [0.2, 0.25) is 0 Å². The highest BCUT2D eigenvalue weighted by Crippen LogP contribution is 2.24. The van der Waals surface area contributed by atoms with Crippen LogP contribution in [0.5, 0.6) is 11.5 Å². The van der Waals surface area contributed by atoms with Crippen molar-refractivity contribution in [2.75, 3.05) is 20.8 Å². The second-order valence-corrected chi connectivity index (χ2v) is 2.85. The molecule has 0 aliphatic heterocycles. The molecule has 4 heteroatoms. The van der Waals surface area contributed by atoms with E-state index < -0.39 is 5.97 Å². The molecule has 0 saturated carbocycles. The molecule has 0 spiro atoms. The number of carbonyl (C=O) groups is 1. The number of esters is 1. The molecule has 16 heavy (non-hydrogen) atoms. The van der Waals surface area contributed by atoms with Gasteiger partial charge in [0, 0.05) is 6.07 Å². The Labute approximate surface area is 94.1 Å². The normalized spacial score (nSPS) is 9.06. The molecule has 84 valence electrons. The largest absolute Gasteiger partial charge is 0.497 e. The number of ether oxygens (including phenoxy) is 3. The SMILES string of the molecule is C#CCOC(=O)c1ccc(OC)cc1OC. The average molecular weight is 220 g/mol. The zero-order chi connectivity index (χ0) is 12.0. The molecule has 1 rings (SSSR count). The van der Waals surface area contributed by atoms with Gasteiger partial charge in [0.25, 0.3) is 0 Å². The van der Waals surface area contributed by atoms with E-state index in [4.69, 9.17) is 20.6 Å². The van der Waals surface area contributed by atoms with Crippen LogP contribution in [0.25, 0.3) is 0 Å². The fraction of sp³-hybridized carbons (Fsp3) is 0.250. The molecule has 0 bridgehead atoms. The van der Waals surface area contributed by atoms with Crippen molar-refractivity contribution < 1.29 is 19.0 Å². The van der Waals surface area contributed by atoms with Gasteiger partial charge in [-0.25, -0.2) is 4.79 Å². The number of terminal acetylenes is 1. The number of hydrogen-bond donors (Lipinski definition) is 0. The lowest BCUT2D eigenvalue weighted by Gasteiger charge is -2.08. The molecule has 0 heterocycles. The number of hydrogen-bond acceptors (Lipinski definition) is 4. The van der Waals surface area contributed by atoms with Crippen LogP contribution in [0.1, 0.15) is 10.4 Å². The minimum absolute atomic E-state index is 0.0615. The predicted molar refractivity (Wildman–Crippen MR) is 58.7 cm³/mol. The van der Waals surface area contributed by atoms with Gasteiger partial charge in [-0.2, -0.15) is 0 Å². The maximum atomic E-state index is 11.5. The highest BCUT2D eigenvalue weighted by molar-refractivity contribution is 5.92. The van der Waals surface area contributed by atoms with Crippen LogP contribution in [0.4, 0.5) is 0 Å². The maximum absolute atomic E-state index is 11.5. The third-order valence-electron chi connectivity index (χ3n) is 1.92. The topological polar surface area (TPSA) is 44.8 Å². The Morgan fingerprint density at radius 3 is 2.69 bits per heavy atom. The summed E-state index contributed by atoms with van der Waals surface area (Å²) in [5.41, 5.74) is 0.318. The van der Waals surface area contributed by atoms with Gasteiger partial charge in [-0.05, 0) is 12.1 Å². The first kappa shape index (κ1) is 11.9. The summed E-state index contributed by atoms with van der Waals surface area (Å²) in [5.74, 6) is 2.70. The Hall–Kier alpha value is -2.15. The minimum atomic E-state index is -0.516. The minimum Gasteiger partial charge on any atom is -0.497 e. The van der Waals surface area contributed by atoms with Gasteiger partial charge in [-0.3, -0.25) is 0 Å². The Bertz CT molecular complexity index is 418. The van der Waals surface area contributed by atoms with E-state index in [9.17, 15) is 4.79 Å². The third kappa shape index (κ3) is 2.67. The van der Waals surface area contributed by atoms with E-state index in [1.165, 1.54) is 14.2 Å². The first-order valence-electron chi connectivity index (χ1n) is 4.55. The Kier molecular flexibility index (Phi) is 4.22. The maximum Gasteiger partial charge on any atom is 0.342 e. The van der Waals surface area contributed by atoms with Gasteiger partial charge in [-0.1, -0.05) is 5.92 Å². The van der Waals surface area contributed by atoms with Crippen molar-refractivity contribution in [2.24, 2.45) is 0 Å². The van der Waals surface area contributed by atoms with Crippen LogP contribution in [0.2, 0.25) is 0 Å². The predicted octanol–water partition coefficient (Wildman–Crippen LogP) is 1.49. The zero-order valence-electron chi connectivity index (χ0n) is 9.15. The van der Waals surface area contributed by atoms with Gasteiger partial charge in [0.1, 0.15) is 17.1 Å². The van der Waals surface area contributed by atoms with E-state index in [1.807, 2.05) is 0 Å². The van der Waals surface area contributed by atoms with Crippen LogP contribution in [0, 0.1) is 12.3 Å². The summed E-state index contributed by atoms with van der Waals surface area (Å²) in [4.78, 5) is 11.5. The number of rotatable bonds is 4. The van der Waals surface area contributed by atoms with E-state index in [2.05, 4.69) is 5.92 Å². The van der Waals surface area contributed by atoms with E-state index in [0.29, 0.717) is 17.1 Å². The molecule has 0 saturated heterocycles. The summed E-state index contributed by atoms with van der Waals surface area (Å²) in [5, 5.41) is 0. The van der Waals surface area contributed by atoms with Crippen molar-refractivity contribution in [3.05, 3.63) is 23.8 Å². The zero-order valence-corrected chi connectivity index (χ0v) is 9.15. The van der Waals surface area contributed by atoms with Crippen LogP contribution in [-0.2, 0) is 4.74 Å². The van der Waals surface area contributed by atoms with E-state index in [1.54, 1.807) is 18.2 Å². The number of carbonyl (C=O) groups excluding carboxylic acids is 1. The summed E-state index contributed by atoms with van der Waals surface area (Å²) in [7, 11) is 3.00. The molecule has 0 radical (unpaired) electrons. The highest BCUT2D eigenvalue weighted by Gasteiger charge is 2.14. The molecule has 0 N–H and O–H groups in total. The Morgan fingerprint density at radius 1 is 1.38 bits per heavy atom. The molecule has 0 unspecified atom stereocenters. The lowest BCUT2D eigenvalue weighted by atomic mass is 10.2. The van der Waals surface area contributed by atoms with Crippen molar-refractivity contribution in [1.29, 1.82) is 0 Å². The van der Waals surface area contributed by atoms with E-state index in [0.717, 1.165) is 0 Å². The highest BCUT2D eigenvalue weighted by atomic mass is 16.5. The van der Waals surface area contributed by atoms with Gasteiger partial charge >= 0.3 is 5.97 Å². The molecule has 0 amide bonds. The molecule has 0 atom stereocenters. The van der Waals surface area contributed by atoms with Gasteiger partial charge in [0.15, 0.2) is 6.61 Å². The monoisotopic (exact) mass is 220 g/mol. The fourth-order valence-corrected chi connectivity index (χ4v) is 1.15. The first-order chi connectivity index (χ1) is 7.72. The lowest BCUT2D eigenvalue weighted by molar-refractivity contribution is 0.0553. The summed E-state index contributed by atoms with van der Waals surface area (Å²) in [6.07, 6.45) is 4.99. The quantitative estimate of drug-likeness (QED) is 0.569. The van der Waals surface area contributed by atoms with Gasteiger partial charge in [-0.15, -0.1) is 6.42 Å². The molecular weight excluding hydrogens is 208 g/mol. The third-order valence-corrected chi connectivity index (χ3v) is 1.92. The lowest BCUT2D eigenvalue weighted by Crippen LogP contribution is -2.07. The molecule has 4 nitrogen and oxygen atoms in total. The summed E-state index contributed by atoms with van der Waals surface area (Å²) >= 11 is 0. The summed E-state index contributed by atoms with van der Waals surface area (Å²) in [6, 6.07) is 4.82. The smallest absolute Gasteiger partial charge is 0.342 e. The summed E-state index contributed by atoms with van der Waals surface area (Å²) in [6.45, 7) is -0.0615. The van der Waals surface area contributed by atoms with Crippen LogP contribution in [0.3, 0.4) is 0 Å². The molecule has 0 fully saturated rings. The van der Waals surface area contributed by atoms with Crippen molar-refractivity contribution in [1.82, 2.24) is 0 Å². The van der Waals surface area contributed by atoms with Crippen molar-refractivity contribution in [3.63, 3.8) is 0 Å². The average Bonchev–Trinajstić information content (AvgIpc) is 2.34. The van der Waals surface area contributed by atoms with Gasteiger partial charge < -0.3 is 14.2 Å². The molecule has 0 aliphatic carbocycles. The van der Waals surface area contributed by atoms with Crippen molar-refractivity contribution in [2.45, 2.75) is 0 Å². The second kappa shape index (κ2) is 5.66. The first-order valence-corrected chi connectivity index (χ1v) is 4.55. The number of benzene rings is 1. The standard InChI is InChI=1S/C12H12O4/c1-4-7-16-12(13)10-6-5-9(14-2)8-11(10)15-3/h1,5-6,8H,7H2,2-3H3. The summed E-state index contributed by atoms with van der Waals surface area (Å²) < 4.78 is 14.9. The van der Waals surface area contributed by atoms with Crippen LogP contribution < -0.4 is 9.47 Å². The Balaban J connectivity index is 2.95. The van der Waals surface area contributed by atoms with E-state index in [-0.39, 0.29) is 6.61 Å². The van der Waals surface area contributed by atoms with Crippen LogP contribution >= 0.6 is 0 Å². The second-order valence-electron chi connectivity index (χ2n) is 2.85. The molecule has 1 aromatic rings.